The van der Waals surface area contributed by atoms with Gasteiger partial charge in [-0.1, -0.05) is 23.4 Å². The number of rotatable bonds is 3. The van der Waals surface area contributed by atoms with Crippen molar-refractivity contribution >= 4 is 23.3 Å². The molecule has 0 saturated carbocycles. The van der Waals surface area contributed by atoms with Crippen molar-refractivity contribution in [2.45, 2.75) is 18.9 Å². The minimum Gasteiger partial charge on any atom is -0.395 e. The Labute approximate surface area is 128 Å². The van der Waals surface area contributed by atoms with Gasteiger partial charge in [0.15, 0.2) is 0 Å². The molecule has 1 aliphatic rings. The summed E-state index contributed by atoms with van der Waals surface area (Å²) < 4.78 is 5.21. The van der Waals surface area contributed by atoms with E-state index >= 15 is 0 Å². The van der Waals surface area contributed by atoms with Gasteiger partial charge in [-0.25, -0.2) is 4.79 Å². The number of hydrogen-bond acceptors (Lipinski definition) is 3. The van der Waals surface area contributed by atoms with Crippen molar-refractivity contribution in [3.8, 4) is 11.8 Å². The molecule has 1 saturated heterocycles. The molecule has 0 aliphatic carbocycles. The van der Waals surface area contributed by atoms with Gasteiger partial charge in [0.25, 0.3) is 0 Å². The van der Waals surface area contributed by atoms with Gasteiger partial charge in [0.05, 0.1) is 24.9 Å². The van der Waals surface area contributed by atoms with Crippen LogP contribution in [0.1, 0.15) is 18.4 Å². The third-order valence-electron chi connectivity index (χ3n) is 2.95. The molecular weight excluding hydrogens is 292 g/mol. The third-order valence-corrected chi connectivity index (χ3v) is 3.19. The number of carbonyl (C=O) groups excluding carboxylic acids is 1. The molecular formula is C15H17ClN2O3. The topological polar surface area (TPSA) is 70.6 Å². The van der Waals surface area contributed by atoms with E-state index < -0.39 is 0 Å². The van der Waals surface area contributed by atoms with Crippen molar-refractivity contribution in [2.75, 3.05) is 25.1 Å². The summed E-state index contributed by atoms with van der Waals surface area (Å²) in [5.41, 5.74) is 1.20. The predicted molar refractivity (Wildman–Crippen MR) is 81.4 cm³/mol. The maximum Gasteiger partial charge on any atom is 0.319 e. The largest absolute Gasteiger partial charge is 0.395 e. The van der Waals surface area contributed by atoms with Crippen LogP contribution in [0.15, 0.2) is 18.2 Å². The molecule has 0 aromatic heterocycles. The van der Waals surface area contributed by atoms with Crippen LogP contribution in [0.3, 0.4) is 0 Å². The normalized spacial score (nSPS) is 17.0. The van der Waals surface area contributed by atoms with E-state index in [1.54, 1.807) is 18.2 Å². The van der Waals surface area contributed by atoms with E-state index in [0.717, 1.165) is 6.42 Å². The highest BCUT2D eigenvalue weighted by Gasteiger charge is 2.18. The highest BCUT2D eigenvalue weighted by atomic mass is 35.5. The van der Waals surface area contributed by atoms with Crippen LogP contribution >= 0.6 is 11.6 Å². The van der Waals surface area contributed by atoms with Crippen LogP contribution in [0.2, 0.25) is 5.02 Å². The second kappa shape index (κ2) is 7.89. The lowest BCUT2D eigenvalue weighted by Gasteiger charge is -2.13. The number of nitrogens with one attached hydrogen (secondary N) is 2. The summed E-state index contributed by atoms with van der Waals surface area (Å²) in [6.45, 7) is 1.21. The fourth-order valence-electron chi connectivity index (χ4n) is 1.93. The molecule has 1 atom stereocenters. The fourth-order valence-corrected chi connectivity index (χ4v) is 2.11. The van der Waals surface area contributed by atoms with Crippen molar-refractivity contribution in [1.29, 1.82) is 0 Å². The molecule has 3 N–H and O–H groups in total. The molecule has 0 radical (unpaired) electrons. The monoisotopic (exact) mass is 308 g/mol. The van der Waals surface area contributed by atoms with E-state index in [-0.39, 0.29) is 18.7 Å². The Morgan fingerprint density at radius 1 is 1.52 bits per heavy atom. The highest BCUT2D eigenvalue weighted by Crippen LogP contribution is 2.20. The van der Waals surface area contributed by atoms with Gasteiger partial charge in [0, 0.05) is 23.6 Å². The second-order valence-corrected chi connectivity index (χ2v) is 5.06. The number of urea groups is 1. The van der Waals surface area contributed by atoms with E-state index in [0.29, 0.717) is 35.9 Å². The maximum absolute atomic E-state index is 11.9. The Morgan fingerprint density at radius 3 is 3.10 bits per heavy atom. The molecule has 21 heavy (non-hydrogen) atoms. The Bertz CT molecular complexity index is 560. The Morgan fingerprint density at radius 2 is 2.38 bits per heavy atom. The summed E-state index contributed by atoms with van der Waals surface area (Å²) in [6, 6.07) is 4.82. The summed E-state index contributed by atoms with van der Waals surface area (Å²) >= 11 is 5.94. The molecule has 5 nitrogen and oxygen atoms in total. The van der Waals surface area contributed by atoms with Gasteiger partial charge in [-0.05, 0) is 24.6 Å². The zero-order valence-electron chi connectivity index (χ0n) is 11.5. The Kier molecular flexibility index (Phi) is 5.88. The number of benzene rings is 1. The molecule has 0 bridgehead atoms. The molecule has 1 unspecified atom stereocenters. The quantitative estimate of drug-likeness (QED) is 0.748. The molecule has 6 heteroatoms. The standard InChI is InChI=1S/C15H17ClN2O3/c16-12-4-5-14(11(9-12)3-1-2-7-19)18-15(20)17-13-6-8-21-10-13/h4-5,9,13,19H,2,6-8,10H2,(H2,17,18,20). The molecule has 1 aliphatic heterocycles. The van der Waals surface area contributed by atoms with Gasteiger partial charge < -0.3 is 20.5 Å². The van der Waals surface area contributed by atoms with E-state index in [1.165, 1.54) is 0 Å². The first kappa shape index (κ1) is 15.6. The van der Waals surface area contributed by atoms with Gasteiger partial charge >= 0.3 is 6.03 Å². The number of hydrogen-bond donors (Lipinski definition) is 3. The first-order valence-electron chi connectivity index (χ1n) is 6.73. The minimum atomic E-state index is -0.293. The van der Waals surface area contributed by atoms with Crippen LogP contribution in [-0.2, 0) is 4.74 Å². The number of aliphatic hydroxyl groups is 1. The summed E-state index contributed by atoms with van der Waals surface area (Å²) in [4.78, 5) is 11.9. The Balaban J connectivity index is 2.04. The molecule has 1 aromatic rings. The van der Waals surface area contributed by atoms with Gasteiger partial charge in [-0.15, -0.1) is 0 Å². The number of amides is 2. The molecule has 1 aromatic carbocycles. The predicted octanol–water partition coefficient (Wildman–Crippen LogP) is 1.98. The van der Waals surface area contributed by atoms with E-state index in [9.17, 15) is 4.79 Å². The van der Waals surface area contributed by atoms with Gasteiger partial charge in [-0.3, -0.25) is 0 Å². The minimum absolute atomic E-state index is 0.00149. The second-order valence-electron chi connectivity index (χ2n) is 4.62. The van der Waals surface area contributed by atoms with Gasteiger partial charge in [-0.2, -0.15) is 0 Å². The lowest BCUT2D eigenvalue weighted by Crippen LogP contribution is -2.38. The lowest BCUT2D eigenvalue weighted by molar-refractivity contribution is 0.189. The van der Waals surface area contributed by atoms with Crippen molar-refractivity contribution in [3.05, 3.63) is 28.8 Å². The van der Waals surface area contributed by atoms with Crippen LogP contribution in [0.25, 0.3) is 0 Å². The van der Waals surface area contributed by atoms with E-state index in [2.05, 4.69) is 22.5 Å². The average Bonchev–Trinajstić information content (AvgIpc) is 2.95. The lowest BCUT2D eigenvalue weighted by atomic mass is 10.1. The first-order chi connectivity index (χ1) is 10.2. The van der Waals surface area contributed by atoms with E-state index in [4.69, 9.17) is 21.4 Å². The molecule has 2 rings (SSSR count). The SMILES string of the molecule is O=C(Nc1ccc(Cl)cc1C#CCCO)NC1CCOC1. The van der Waals surface area contributed by atoms with Gasteiger partial charge in [0.2, 0.25) is 0 Å². The Hall–Kier alpha value is -1.74. The zero-order valence-corrected chi connectivity index (χ0v) is 12.2. The van der Waals surface area contributed by atoms with Crippen LogP contribution in [-0.4, -0.2) is 37.0 Å². The smallest absolute Gasteiger partial charge is 0.319 e. The van der Waals surface area contributed by atoms with E-state index in [1.807, 2.05) is 0 Å². The first-order valence-corrected chi connectivity index (χ1v) is 7.11. The number of aliphatic hydroxyl groups excluding tert-OH is 1. The number of carbonyl (C=O) groups is 1. The van der Waals surface area contributed by atoms with Crippen molar-refractivity contribution in [3.63, 3.8) is 0 Å². The summed E-state index contributed by atoms with van der Waals surface area (Å²) in [5.74, 6) is 5.71. The number of halogens is 1. The van der Waals surface area contributed by atoms with Crippen molar-refractivity contribution < 1.29 is 14.6 Å². The number of ether oxygens (including phenoxy) is 1. The fraction of sp³-hybridized carbons (Fsp3) is 0.400. The molecule has 0 spiro atoms. The van der Waals surface area contributed by atoms with Crippen LogP contribution in [0, 0.1) is 11.8 Å². The molecule has 2 amide bonds. The number of anilines is 1. The summed E-state index contributed by atoms with van der Waals surface area (Å²) in [7, 11) is 0. The van der Waals surface area contributed by atoms with Gasteiger partial charge in [0.1, 0.15) is 0 Å². The molecule has 1 fully saturated rings. The highest BCUT2D eigenvalue weighted by molar-refractivity contribution is 6.30. The van der Waals surface area contributed by atoms with Crippen LogP contribution in [0.4, 0.5) is 10.5 Å². The third kappa shape index (κ3) is 4.94. The van der Waals surface area contributed by atoms with Crippen LogP contribution < -0.4 is 10.6 Å². The molecule has 112 valence electrons. The summed E-state index contributed by atoms with van der Waals surface area (Å²) in [6.07, 6.45) is 1.19. The average molecular weight is 309 g/mol. The maximum atomic E-state index is 11.9. The summed E-state index contributed by atoms with van der Waals surface area (Å²) in [5, 5.41) is 14.9. The zero-order chi connectivity index (χ0) is 15.1. The molecule has 1 heterocycles. The van der Waals surface area contributed by atoms with Crippen LogP contribution in [0.5, 0.6) is 0 Å². The van der Waals surface area contributed by atoms with Crippen molar-refractivity contribution in [2.24, 2.45) is 0 Å². The van der Waals surface area contributed by atoms with Crippen molar-refractivity contribution in [1.82, 2.24) is 5.32 Å².